The average molecular weight is 439 g/mol. The van der Waals surface area contributed by atoms with Gasteiger partial charge in [0.15, 0.2) is 0 Å². The first-order valence-electron chi connectivity index (χ1n) is 10.7. The molecule has 7 heteroatoms. The number of amides is 1. The average Bonchev–Trinajstić information content (AvgIpc) is 3.23. The Balaban J connectivity index is 1.31. The van der Waals surface area contributed by atoms with E-state index in [9.17, 15) is 4.79 Å². The fourth-order valence-corrected chi connectivity index (χ4v) is 4.15. The second-order valence-corrected chi connectivity index (χ2v) is 8.74. The number of para-hydroxylation sites is 1. The van der Waals surface area contributed by atoms with Crippen molar-refractivity contribution in [1.82, 2.24) is 15.0 Å². The number of hydrogen-bond acceptors (Lipinski definition) is 5. The van der Waals surface area contributed by atoms with E-state index in [4.69, 9.17) is 16.1 Å². The number of carbonyl (C=O) groups excluding carboxylic acids is 1. The van der Waals surface area contributed by atoms with Crippen LogP contribution in [0.2, 0.25) is 5.02 Å². The van der Waals surface area contributed by atoms with E-state index in [2.05, 4.69) is 40.3 Å². The Morgan fingerprint density at radius 1 is 1.19 bits per heavy atom. The molecule has 0 radical (unpaired) electrons. The molecule has 1 fully saturated rings. The van der Waals surface area contributed by atoms with Crippen molar-refractivity contribution >= 4 is 23.2 Å². The summed E-state index contributed by atoms with van der Waals surface area (Å²) in [6.45, 7) is 6.49. The van der Waals surface area contributed by atoms with Crippen LogP contribution in [-0.4, -0.2) is 34.0 Å². The van der Waals surface area contributed by atoms with Crippen molar-refractivity contribution in [3.8, 4) is 11.4 Å². The highest BCUT2D eigenvalue weighted by atomic mass is 35.5. The van der Waals surface area contributed by atoms with Crippen LogP contribution in [0.4, 0.5) is 5.69 Å². The van der Waals surface area contributed by atoms with Gasteiger partial charge in [0.1, 0.15) is 0 Å². The van der Waals surface area contributed by atoms with Gasteiger partial charge in [0.25, 0.3) is 0 Å². The molecule has 4 rings (SSSR count). The zero-order valence-corrected chi connectivity index (χ0v) is 18.6. The van der Waals surface area contributed by atoms with Crippen LogP contribution in [0.3, 0.4) is 0 Å². The minimum absolute atomic E-state index is 0.0150. The summed E-state index contributed by atoms with van der Waals surface area (Å²) < 4.78 is 5.43. The fourth-order valence-electron chi connectivity index (χ4n) is 3.96. The van der Waals surface area contributed by atoms with Crippen LogP contribution in [0.5, 0.6) is 0 Å². The van der Waals surface area contributed by atoms with Gasteiger partial charge >= 0.3 is 0 Å². The van der Waals surface area contributed by atoms with Crippen molar-refractivity contribution in [3.63, 3.8) is 0 Å². The third-order valence-electron chi connectivity index (χ3n) is 5.71. The van der Waals surface area contributed by atoms with Crippen molar-refractivity contribution in [3.05, 3.63) is 65.0 Å². The highest BCUT2D eigenvalue weighted by Gasteiger charge is 2.26. The molecule has 6 nitrogen and oxygen atoms in total. The number of carbonyl (C=O) groups is 1. The molecule has 1 saturated heterocycles. The minimum Gasteiger partial charge on any atom is -0.338 e. The van der Waals surface area contributed by atoms with Gasteiger partial charge in [-0.25, -0.2) is 0 Å². The number of nitrogens with one attached hydrogen (secondary N) is 1. The van der Waals surface area contributed by atoms with Crippen LogP contribution >= 0.6 is 11.6 Å². The lowest BCUT2D eigenvalue weighted by molar-refractivity contribution is -0.121. The maximum absolute atomic E-state index is 12.8. The molecule has 1 aliphatic rings. The number of rotatable bonds is 6. The SMILES string of the molecule is CC(C)c1ccccc1NC(=O)C1CCN(Cc2nc(-c3cccc(Cl)c3)no2)CC1. The molecule has 1 aromatic heterocycles. The van der Waals surface area contributed by atoms with Gasteiger partial charge in [-0.15, -0.1) is 0 Å². The summed E-state index contributed by atoms with van der Waals surface area (Å²) in [5.74, 6) is 1.60. The zero-order chi connectivity index (χ0) is 21.8. The van der Waals surface area contributed by atoms with Gasteiger partial charge in [0.05, 0.1) is 6.54 Å². The van der Waals surface area contributed by atoms with Gasteiger partial charge in [0.2, 0.25) is 17.6 Å². The van der Waals surface area contributed by atoms with E-state index in [0.717, 1.165) is 37.2 Å². The van der Waals surface area contributed by atoms with E-state index in [1.807, 2.05) is 42.5 Å². The molecule has 1 N–H and O–H groups in total. The Bertz CT molecular complexity index is 1040. The maximum Gasteiger partial charge on any atom is 0.241 e. The number of hydrogen-bond donors (Lipinski definition) is 1. The van der Waals surface area contributed by atoms with Crippen molar-refractivity contribution < 1.29 is 9.32 Å². The van der Waals surface area contributed by atoms with Crippen molar-refractivity contribution in [2.24, 2.45) is 5.92 Å². The molecular formula is C24H27ClN4O2. The molecule has 0 unspecified atom stereocenters. The number of nitrogens with zero attached hydrogens (tertiary/aromatic N) is 3. The van der Waals surface area contributed by atoms with Crippen LogP contribution in [-0.2, 0) is 11.3 Å². The van der Waals surface area contributed by atoms with Gasteiger partial charge < -0.3 is 9.84 Å². The second-order valence-electron chi connectivity index (χ2n) is 8.30. The van der Waals surface area contributed by atoms with Crippen molar-refractivity contribution in [2.75, 3.05) is 18.4 Å². The first-order chi connectivity index (χ1) is 15.0. The molecule has 3 aromatic rings. The fraction of sp³-hybridized carbons (Fsp3) is 0.375. The molecule has 0 spiro atoms. The number of aromatic nitrogens is 2. The van der Waals surface area contributed by atoms with Crippen molar-refractivity contribution in [2.45, 2.75) is 39.2 Å². The van der Waals surface area contributed by atoms with E-state index >= 15 is 0 Å². The monoisotopic (exact) mass is 438 g/mol. The van der Waals surface area contributed by atoms with Crippen LogP contribution in [0.25, 0.3) is 11.4 Å². The third-order valence-corrected chi connectivity index (χ3v) is 5.94. The summed E-state index contributed by atoms with van der Waals surface area (Å²) in [5, 5.41) is 7.85. The van der Waals surface area contributed by atoms with Gasteiger partial charge in [-0.1, -0.05) is 60.9 Å². The lowest BCUT2D eigenvalue weighted by atomic mass is 9.95. The van der Waals surface area contributed by atoms with E-state index < -0.39 is 0 Å². The van der Waals surface area contributed by atoms with E-state index in [1.54, 1.807) is 0 Å². The molecule has 162 valence electrons. The highest BCUT2D eigenvalue weighted by molar-refractivity contribution is 6.30. The first-order valence-corrected chi connectivity index (χ1v) is 11.1. The molecule has 2 heterocycles. The summed E-state index contributed by atoms with van der Waals surface area (Å²) in [6.07, 6.45) is 1.62. The van der Waals surface area contributed by atoms with Gasteiger partial charge in [-0.3, -0.25) is 9.69 Å². The summed E-state index contributed by atoms with van der Waals surface area (Å²) in [7, 11) is 0. The molecule has 0 atom stereocenters. The summed E-state index contributed by atoms with van der Waals surface area (Å²) >= 11 is 6.04. The maximum atomic E-state index is 12.8. The van der Waals surface area contributed by atoms with Crippen LogP contribution in [0, 0.1) is 5.92 Å². The Labute approximate surface area is 187 Å². The number of anilines is 1. The molecule has 1 aliphatic heterocycles. The summed E-state index contributed by atoms with van der Waals surface area (Å²) in [5.41, 5.74) is 2.92. The first kappa shape index (κ1) is 21.5. The smallest absolute Gasteiger partial charge is 0.241 e. The van der Waals surface area contributed by atoms with E-state index in [1.165, 1.54) is 5.56 Å². The van der Waals surface area contributed by atoms with Gasteiger partial charge in [-0.2, -0.15) is 4.98 Å². The standard InChI is InChI=1S/C24H27ClN4O2/c1-16(2)20-8-3-4-9-21(20)26-24(30)17-10-12-29(13-11-17)15-22-27-23(28-31-22)18-6-5-7-19(25)14-18/h3-9,14,16-17H,10-13,15H2,1-2H3,(H,26,30). The predicted molar refractivity (Wildman–Crippen MR) is 122 cm³/mol. The normalized spacial score (nSPS) is 15.4. The minimum atomic E-state index is 0.0150. The Morgan fingerprint density at radius 3 is 2.71 bits per heavy atom. The number of piperidine rings is 1. The Hall–Kier alpha value is -2.70. The lowest BCUT2D eigenvalue weighted by Gasteiger charge is -2.30. The zero-order valence-electron chi connectivity index (χ0n) is 17.8. The van der Waals surface area contributed by atoms with Crippen molar-refractivity contribution in [1.29, 1.82) is 0 Å². The van der Waals surface area contributed by atoms with E-state index in [0.29, 0.717) is 29.2 Å². The molecule has 31 heavy (non-hydrogen) atoms. The van der Waals surface area contributed by atoms with Crippen LogP contribution in [0.1, 0.15) is 44.1 Å². The number of halogens is 1. The number of benzene rings is 2. The summed E-state index contributed by atoms with van der Waals surface area (Å²) in [6, 6.07) is 15.4. The van der Waals surface area contributed by atoms with Crippen LogP contribution in [0.15, 0.2) is 53.1 Å². The Kier molecular flexibility index (Phi) is 6.68. The molecule has 0 bridgehead atoms. The molecule has 1 amide bonds. The van der Waals surface area contributed by atoms with Gasteiger partial charge in [-0.05, 0) is 55.6 Å². The molecule has 2 aromatic carbocycles. The molecular weight excluding hydrogens is 412 g/mol. The highest BCUT2D eigenvalue weighted by Crippen LogP contribution is 2.26. The predicted octanol–water partition coefficient (Wildman–Crippen LogP) is 5.36. The third kappa shape index (κ3) is 5.32. The lowest BCUT2D eigenvalue weighted by Crippen LogP contribution is -2.38. The number of likely N-dealkylation sites (tertiary alicyclic amines) is 1. The van der Waals surface area contributed by atoms with Crippen LogP contribution < -0.4 is 5.32 Å². The summed E-state index contributed by atoms with van der Waals surface area (Å²) in [4.78, 5) is 19.6. The quantitative estimate of drug-likeness (QED) is 0.560. The second kappa shape index (κ2) is 9.62. The van der Waals surface area contributed by atoms with Gasteiger partial charge in [0, 0.05) is 22.2 Å². The topological polar surface area (TPSA) is 71.3 Å². The Morgan fingerprint density at radius 2 is 1.97 bits per heavy atom. The largest absolute Gasteiger partial charge is 0.338 e. The molecule has 0 saturated carbocycles. The molecule has 0 aliphatic carbocycles. The van der Waals surface area contributed by atoms with E-state index in [-0.39, 0.29) is 11.8 Å².